The molecule has 0 unspecified atom stereocenters. The first-order chi connectivity index (χ1) is 10.0. The minimum atomic E-state index is -0.452. The number of benzene rings is 2. The number of fused-ring (bicyclic) bond motifs is 1. The molecule has 0 radical (unpaired) electrons. The van der Waals surface area contributed by atoms with Crippen molar-refractivity contribution in [3.05, 3.63) is 56.6 Å². The number of imidazole rings is 1. The number of aromatic amines is 1. The lowest BCUT2D eigenvalue weighted by Gasteiger charge is -2.03. The monoisotopic (exact) mass is 394 g/mol. The molecule has 3 rings (SSSR count). The highest BCUT2D eigenvalue weighted by molar-refractivity contribution is 6.42. The van der Waals surface area contributed by atoms with Gasteiger partial charge in [0.1, 0.15) is 0 Å². The number of H-pyrrole nitrogens is 1. The van der Waals surface area contributed by atoms with Crippen LogP contribution in [0.3, 0.4) is 0 Å². The van der Waals surface area contributed by atoms with Crippen molar-refractivity contribution >= 4 is 76.4 Å². The maximum absolute atomic E-state index is 10.7. The first-order valence-electron chi connectivity index (χ1n) is 5.89. The summed E-state index contributed by atoms with van der Waals surface area (Å²) in [5.74, 6) is 0.462. The Kier molecular flexibility index (Phi) is 6.47. The molecule has 1 aromatic heterocycles. The predicted molar refractivity (Wildman–Crippen MR) is 97.0 cm³/mol. The number of nitro benzene ring substituents is 1. The van der Waals surface area contributed by atoms with Gasteiger partial charge < -0.3 is 10.3 Å². The number of halogens is 4. The molecule has 10 heteroatoms. The van der Waals surface area contributed by atoms with Crippen LogP contribution < -0.4 is 5.32 Å². The molecule has 0 atom stereocenters. The van der Waals surface area contributed by atoms with Crippen molar-refractivity contribution in [1.82, 2.24) is 9.97 Å². The quantitative estimate of drug-likeness (QED) is 0.461. The average molecular weight is 396 g/mol. The summed E-state index contributed by atoms with van der Waals surface area (Å²) in [6.07, 6.45) is 0. The number of anilines is 2. The molecular formula is C13H10Cl4N4O2. The van der Waals surface area contributed by atoms with E-state index in [0.29, 0.717) is 32.7 Å². The van der Waals surface area contributed by atoms with E-state index in [9.17, 15) is 10.1 Å². The Morgan fingerprint density at radius 1 is 1.09 bits per heavy atom. The second-order valence-corrected chi connectivity index (χ2v) is 5.11. The van der Waals surface area contributed by atoms with Crippen LogP contribution in [0, 0.1) is 10.1 Å². The van der Waals surface area contributed by atoms with Crippen LogP contribution in [0.25, 0.3) is 11.0 Å². The van der Waals surface area contributed by atoms with Crippen LogP contribution in [-0.4, -0.2) is 14.9 Å². The van der Waals surface area contributed by atoms with Gasteiger partial charge >= 0.3 is 0 Å². The first kappa shape index (κ1) is 19.3. The van der Waals surface area contributed by atoms with E-state index < -0.39 is 4.92 Å². The minimum absolute atomic E-state index is 0. The summed E-state index contributed by atoms with van der Waals surface area (Å²) >= 11 is 11.8. The largest absolute Gasteiger partial charge is 0.326 e. The van der Waals surface area contributed by atoms with E-state index in [-0.39, 0.29) is 30.5 Å². The van der Waals surface area contributed by atoms with Crippen LogP contribution in [0.5, 0.6) is 0 Å². The number of nitrogens with one attached hydrogen (secondary N) is 2. The smallest absolute Gasteiger partial charge is 0.271 e. The Bertz CT molecular complexity index is 853. The number of non-ortho nitro benzene ring substituents is 1. The van der Waals surface area contributed by atoms with Crippen LogP contribution in [0.4, 0.5) is 17.3 Å². The van der Waals surface area contributed by atoms with Gasteiger partial charge in [-0.05, 0) is 24.3 Å². The van der Waals surface area contributed by atoms with Crippen LogP contribution >= 0.6 is 48.0 Å². The molecule has 6 nitrogen and oxygen atoms in total. The van der Waals surface area contributed by atoms with E-state index in [1.165, 1.54) is 12.1 Å². The number of nitro groups is 1. The fourth-order valence-corrected chi connectivity index (χ4v) is 2.18. The summed E-state index contributed by atoms with van der Waals surface area (Å²) in [5.41, 5.74) is 1.92. The summed E-state index contributed by atoms with van der Waals surface area (Å²) in [5, 5.41) is 14.7. The van der Waals surface area contributed by atoms with Crippen LogP contribution in [0.2, 0.25) is 10.0 Å². The summed E-state index contributed by atoms with van der Waals surface area (Å²) < 4.78 is 0. The predicted octanol–water partition coefficient (Wildman–Crippen LogP) is 5.37. The molecule has 0 saturated carbocycles. The third kappa shape index (κ3) is 4.17. The van der Waals surface area contributed by atoms with Crippen LogP contribution in [0.1, 0.15) is 0 Å². The van der Waals surface area contributed by atoms with Gasteiger partial charge in [0.25, 0.3) is 5.69 Å². The van der Waals surface area contributed by atoms with Gasteiger partial charge in [-0.15, -0.1) is 24.8 Å². The molecule has 0 fully saturated rings. The highest BCUT2D eigenvalue weighted by atomic mass is 35.5. The van der Waals surface area contributed by atoms with Gasteiger partial charge in [0.05, 0.1) is 26.0 Å². The number of nitrogens with zero attached hydrogens (tertiary/aromatic N) is 2. The van der Waals surface area contributed by atoms with Gasteiger partial charge in [-0.2, -0.15) is 0 Å². The van der Waals surface area contributed by atoms with Gasteiger partial charge in [-0.1, -0.05) is 23.2 Å². The van der Waals surface area contributed by atoms with Crippen molar-refractivity contribution in [1.29, 1.82) is 0 Å². The highest BCUT2D eigenvalue weighted by Gasteiger charge is 2.10. The number of hydrogen-bond donors (Lipinski definition) is 2. The molecule has 0 aliphatic rings. The molecule has 2 N–H and O–H groups in total. The SMILES string of the molecule is Cl.Cl.O=[N+]([O-])c1ccc2nc(Nc3ccc(Cl)c(Cl)c3)[nH]c2c1. The zero-order valence-corrected chi connectivity index (χ0v) is 14.4. The van der Waals surface area contributed by atoms with Gasteiger partial charge in [-0.3, -0.25) is 10.1 Å². The Balaban J connectivity index is 0.00000132. The third-order valence-corrected chi connectivity index (χ3v) is 3.60. The molecule has 2 aromatic carbocycles. The van der Waals surface area contributed by atoms with E-state index in [2.05, 4.69) is 15.3 Å². The molecule has 0 bridgehead atoms. The number of aromatic nitrogens is 2. The summed E-state index contributed by atoms with van der Waals surface area (Å²) in [6, 6.07) is 9.52. The highest BCUT2D eigenvalue weighted by Crippen LogP contribution is 2.27. The molecule has 1 heterocycles. The topological polar surface area (TPSA) is 83.8 Å². The van der Waals surface area contributed by atoms with Gasteiger partial charge in [0, 0.05) is 17.8 Å². The summed E-state index contributed by atoms with van der Waals surface area (Å²) in [7, 11) is 0. The van der Waals surface area contributed by atoms with E-state index in [1.807, 2.05) is 0 Å². The van der Waals surface area contributed by atoms with Crippen LogP contribution in [-0.2, 0) is 0 Å². The van der Waals surface area contributed by atoms with E-state index >= 15 is 0 Å². The Morgan fingerprint density at radius 3 is 2.48 bits per heavy atom. The van der Waals surface area contributed by atoms with Crippen molar-refractivity contribution in [2.24, 2.45) is 0 Å². The molecule has 0 amide bonds. The van der Waals surface area contributed by atoms with Crippen molar-refractivity contribution in [2.75, 3.05) is 5.32 Å². The second kappa shape index (κ2) is 7.70. The molecule has 0 saturated heterocycles. The molecule has 0 aliphatic carbocycles. The molecule has 0 aliphatic heterocycles. The molecule has 3 aromatic rings. The first-order valence-corrected chi connectivity index (χ1v) is 6.65. The molecule has 23 heavy (non-hydrogen) atoms. The van der Waals surface area contributed by atoms with Crippen molar-refractivity contribution in [3.63, 3.8) is 0 Å². The fourth-order valence-electron chi connectivity index (χ4n) is 1.88. The van der Waals surface area contributed by atoms with Gasteiger partial charge in [-0.25, -0.2) is 4.98 Å². The van der Waals surface area contributed by atoms with Crippen molar-refractivity contribution in [3.8, 4) is 0 Å². The normalized spacial score (nSPS) is 9.83. The second-order valence-electron chi connectivity index (χ2n) is 4.30. The lowest BCUT2D eigenvalue weighted by Crippen LogP contribution is -1.91. The van der Waals surface area contributed by atoms with E-state index in [1.54, 1.807) is 24.3 Å². The van der Waals surface area contributed by atoms with Gasteiger partial charge in [0.15, 0.2) is 0 Å². The molecule has 0 spiro atoms. The van der Waals surface area contributed by atoms with Crippen LogP contribution in [0.15, 0.2) is 36.4 Å². The summed E-state index contributed by atoms with van der Waals surface area (Å²) in [4.78, 5) is 17.6. The lowest BCUT2D eigenvalue weighted by molar-refractivity contribution is -0.384. The zero-order chi connectivity index (χ0) is 15.0. The lowest BCUT2D eigenvalue weighted by atomic mass is 10.3. The van der Waals surface area contributed by atoms with E-state index in [0.717, 1.165) is 0 Å². The standard InChI is InChI=1S/C13H8Cl2N4O2.2ClH/c14-9-3-1-7(5-10(9)15)16-13-17-11-4-2-8(19(20)21)6-12(11)18-13;;/h1-6H,(H2,16,17,18);2*1H. The van der Waals surface area contributed by atoms with Crippen molar-refractivity contribution < 1.29 is 4.92 Å². The molecular weight excluding hydrogens is 386 g/mol. The maximum Gasteiger partial charge on any atom is 0.271 e. The number of rotatable bonds is 3. The minimum Gasteiger partial charge on any atom is -0.326 e. The number of hydrogen-bond acceptors (Lipinski definition) is 4. The maximum atomic E-state index is 10.7. The Morgan fingerprint density at radius 2 is 1.83 bits per heavy atom. The fraction of sp³-hybridized carbons (Fsp3) is 0. The van der Waals surface area contributed by atoms with E-state index in [4.69, 9.17) is 23.2 Å². The molecule has 122 valence electrons. The summed E-state index contributed by atoms with van der Waals surface area (Å²) in [6.45, 7) is 0. The third-order valence-electron chi connectivity index (χ3n) is 2.86. The van der Waals surface area contributed by atoms with Crippen molar-refractivity contribution in [2.45, 2.75) is 0 Å². The Hall–Kier alpha value is -1.73. The van der Waals surface area contributed by atoms with Gasteiger partial charge in [0.2, 0.25) is 5.95 Å². The average Bonchev–Trinajstić information content (AvgIpc) is 2.84. The zero-order valence-electron chi connectivity index (χ0n) is 11.2. The Labute approximate surface area is 153 Å².